The van der Waals surface area contributed by atoms with Gasteiger partial charge in [-0.3, -0.25) is 34.0 Å². The number of ketones is 1. The van der Waals surface area contributed by atoms with Crippen LogP contribution in [0.2, 0.25) is 0 Å². The van der Waals surface area contributed by atoms with E-state index in [0.29, 0.717) is 24.1 Å². The van der Waals surface area contributed by atoms with Crippen molar-refractivity contribution >= 4 is 23.7 Å². The zero-order chi connectivity index (χ0) is 23.8. The van der Waals surface area contributed by atoms with Crippen molar-refractivity contribution < 1.29 is 34.5 Å². The van der Waals surface area contributed by atoms with Gasteiger partial charge in [-0.25, -0.2) is 0 Å². The molecule has 1 fully saturated rings. The van der Waals surface area contributed by atoms with Crippen molar-refractivity contribution in [1.29, 1.82) is 0 Å². The average molecular weight is 450 g/mol. The maximum Gasteiger partial charge on any atom is 0.317 e. The number of carbonyl (C=O) groups excluding carboxylic acids is 1. The van der Waals surface area contributed by atoms with Crippen molar-refractivity contribution in [3.05, 3.63) is 29.6 Å². The molecule has 10 heteroatoms. The lowest BCUT2D eigenvalue weighted by Gasteiger charge is -2.43. The number of nitrogens with zero attached hydrogens (tertiary/aromatic N) is 3. The summed E-state index contributed by atoms with van der Waals surface area (Å²) in [5.74, 6) is -3.50. The van der Waals surface area contributed by atoms with E-state index in [2.05, 4.69) is 4.98 Å². The monoisotopic (exact) mass is 449 g/mol. The van der Waals surface area contributed by atoms with Crippen LogP contribution >= 0.6 is 0 Å². The third kappa shape index (κ3) is 7.38. The van der Waals surface area contributed by atoms with Gasteiger partial charge in [-0.1, -0.05) is 26.7 Å². The molecule has 10 nitrogen and oxygen atoms in total. The number of hydrogen-bond acceptors (Lipinski definition) is 7. The van der Waals surface area contributed by atoms with E-state index in [0.717, 1.165) is 12.8 Å². The Labute approximate surface area is 186 Å². The molecule has 32 heavy (non-hydrogen) atoms. The summed E-state index contributed by atoms with van der Waals surface area (Å²) in [4.78, 5) is 53.8. The van der Waals surface area contributed by atoms with Gasteiger partial charge in [-0.15, -0.1) is 0 Å². The van der Waals surface area contributed by atoms with E-state index in [1.807, 2.05) is 0 Å². The molecule has 1 aliphatic carbocycles. The second kappa shape index (κ2) is 11.7. The van der Waals surface area contributed by atoms with E-state index < -0.39 is 37.0 Å². The molecule has 0 saturated heterocycles. The second-order valence-corrected chi connectivity index (χ2v) is 8.47. The molecule has 0 aromatic carbocycles. The number of Topliss-reactive ketones (excluding diaryl/α,β-unsaturated/α-hetero) is 1. The molecule has 1 aromatic rings. The largest absolute Gasteiger partial charge is 0.480 e. The molecule has 0 spiro atoms. The molecule has 3 N–H and O–H groups in total. The molecule has 1 saturated carbocycles. The minimum absolute atomic E-state index is 0.0308. The smallest absolute Gasteiger partial charge is 0.317 e. The Hall–Kier alpha value is -2.85. The van der Waals surface area contributed by atoms with E-state index in [4.69, 9.17) is 0 Å². The Morgan fingerprint density at radius 3 is 1.84 bits per heavy atom. The van der Waals surface area contributed by atoms with Crippen LogP contribution in [-0.2, 0) is 20.9 Å². The van der Waals surface area contributed by atoms with Crippen molar-refractivity contribution in [2.75, 3.05) is 19.6 Å². The minimum Gasteiger partial charge on any atom is -0.480 e. The van der Waals surface area contributed by atoms with E-state index in [1.165, 1.54) is 11.1 Å². The van der Waals surface area contributed by atoms with Crippen molar-refractivity contribution in [1.82, 2.24) is 14.8 Å². The summed E-state index contributed by atoms with van der Waals surface area (Å²) in [5.41, 5.74) is 1.07. The fraction of sp³-hybridized carbons (Fsp3) is 0.591. The number of pyridine rings is 1. The van der Waals surface area contributed by atoms with E-state index in [9.17, 15) is 34.5 Å². The zero-order valence-corrected chi connectivity index (χ0v) is 18.4. The first-order chi connectivity index (χ1) is 15.1. The van der Waals surface area contributed by atoms with Crippen LogP contribution in [-0.4, -0.2) is 85.5 Å². The first-order valence-electron chi connectivity index (χ1n) is 10.7. The van der Waals surface area contributed by atoms with Gasteiger partial charge in [0.1, 0.15) is 0 Å². The Bertz CT molecular complexity index is 809. The molecule has 0 amide bonds. The van der Waals surface area contributed by atoms with Crippen LogP contribution in [0.4, 0.5) is 0 Å². The van der Waals surface area contributed by atoms with Crippen LogP contribution in [0.3, 0.4) is 0 Å². The number of hydrogen-bond donors (Lipinski definition) is 3. The summed E-state index contributed by atoms with van der Waals surface area (Å²) in [5, 5.41) is 28.0. The molecular formula is C22H31N3O7. The SMILES string of the molecule is CC(C)C(=O)c1ccc(CN(CC(=O)O)[C@H]2CCCCC2N(CC(=O)O)CC(=O)O)nc1. The molecule has 1 unspecified atom stereocenters. The minimum atomic E-state index is -1.13. The first-order valence-corrected chi connectivity index (χ1v) is 10.7. The average Bonchev–Trinajstić information content (AvgIpc) is 2.71. The maximum absolute atomic E-state index is 12.1. The Morgan fingerprint density at radius 1 is 0.906 bits per heavy atom. The van der Waals surface area contributed by atoms with Gasteiger partial charge in [-0.2, -0.15) is 0 Å². The van der Waals surface area contributed by atoms with Crippen molar-refractivity contribution in [3.8, 4) is 0 Å². The molecule has 176 valence electrons. The summed E-state index contributed by atoms with van der Waals surface area (Å²) in [6.45, 7) is 2.64. The highest BCUT2D eigenvalue weighted by molar-refractivity contribution is 5.97. The number of rotatable bonds is 12. The number of aromatic nitrogens is 1. The van der Waals surface area contributed by atoms with Crippen LogP contribution in [0.1, 0.15) is 55.6 Å². The summed E-state index contributed by atoms with van der Waals surface area (Å²) < 4.78 is 0. The standard InChI is InChI=1S/C22H31N3O7/c1-14(2)22(32)15-7-8-16(23-9-15)10-24(11-19(26)27)17-5-3-4-6-18(17)25(12-20(28)29)13-21(30)31/h7-9,14,17-18H,3-6,10-13H2,1-2H3,(H,26,27)(H,28,29)(H,30,31)/t17-,18?/m0/s1. The van der Waals surface area contributed by atoms with Crippen molar-refractivity contribution in [2.45, 2.75) is 58.2 Å². The quantitative estimate of drug-likeness (QED) is 0.402. The van der Waals surface area contributed by atoms with Crippen molar-refractivity contribution in [2.24, 2.45) is 5.92 Å². The van der Waals surface area contributed by atoms with Gasteiger partial charge in [0.25, 0.3) is 0 Å². The zero-order valence-electron chi connectivity index (χ0n) is 18.4. The Kier molecular flexibility index (Phi) is 9.27. The highest BCUT2D eigenvalue weighted by Gasteiger charge is 2.36. The summed E-state index contributed by atoms with van der Waals surface area (Å²) >= 11 is 0. The van der Waals surface area contributed by atoms with Crippen LogP contribution in [0.15, 0.2) is 18.3 Å². The maximum atomic E-state index is 12.1. The number of carboxylic acid groups (broad SMARTS) is 3. The van der Waals surface area contributed by atoms with Gasteiger partial charge in [-0.05, 0) is 25.0 Å². The van der Waals surface area contributed by atoms with Crippen LogP contribution in [0.25, 0.3) is 0 Å². The fourth-order valence-corrected chi connectivity index (χ4v) is 4.25. The molecule has 2 atom stereocenters. The fourth-order valence-electron chi connectivity index (χ4n) is 4.25. The van der Waals surface area contributed by atoms with E-state index >= 15 is 0 Å². The van der Waals surface area contributed by atoms with Gasteiger partial charge >= 0.3 is 17.9 Å². The van der Waals surface area contributed by atoms with Gasteiger partial charge in [0.05, 0.1) is 25.3 Å². The summed E-state index contributed by atoms with van der Waals surface area (Å²) in [7, 11) is 0. The third-order valence-corrected chi connectivity index (χ3v) is 5.65. The van der Waals surface area contributed by atoms with Crippen LogP contribution in [0.5, 0.6) is 0 Å². The Morgan fingerprint density at radius 2 is 1.41 bits per heavy atom. The predicted molar refractivity (Wildman–Crippen MR) is 114 cm³/mol. The summed E-state index contributed by atoms with van der Waals surface area (Å²) in [6.07, 6.45) is 4.33. The molecular weight excluding hydrogens is 418 g/mol. The summed E-state index contributed by atoms with van der Waals surface area (Å²) in [6, 6.07) is 2.62. The number of aliphatic carboxylic acids is 3. The van der Waals surface area contributed by atoms with E-state index in [1.54, 1.807) is 30.9 Å². The molecule has 1 aliphatic rings. The highest BCUT2D eigenvalue weighted by Crippen LogP contribution is 2.28. The molecule has 1 aromatic heterocycles. The predicted octanol–water partition coefficient (Wildman–Crippen LogP) is 1.59. The lowest BCUT2D eigenvalue weighted by molar-refractivity contribution is -0.146. The van der Waals surface area contributed by atoms with Gasteiger partial charge in [0, 0.05) is 36.3 Å². The van der Waals surface area contributed by atoms with Crippen LogP contribution in [0, 0.1) is 5.92 Å². The molecule has 1 heterocycles. The topological polar surface area (TPSA) is 148 Å². The molecule has 0 aliphatic heterocycles. The molecule has 0 radical (unpaired) electrons. The van der Waals surface area contributed by atoms with Crippen LogP contribution < -0.4 is 0 Å². The highest BCUT2D eigenvalue weighted by atomic mass is 16.4. The molecule has 2 rings (SSSR count). The van der Waals surface area contributed by atoms with Crippen molar-refractivity contribution in [3.63, 3.8) is 0 Å². The Balaban J connectivity index is 2.28. The van der Waals surface area contributed by atoms with Gasteiger partial charge in [0.2, 0.25) is 0 Å². The normalized spacial score (nSPS) is 18.8. The number of carbonyl (C=O) groups is 4. The van der Waals surface area contributed by atoms with Gasteiger partial charge in [0.15, 0.2) is 5.78 Å². The lowest BCUT2D eigenvalue weighted by Crippen LogP contribution is -2.56. The van der Waals surface area contributed by atoms with E-state index in [-0.39, 0.29) is 30.8 Å². The van der Waals surface area contributed by atoms with Gasteiger partial charge < -0.3 is 15.3 Å². The third-order valence-electron chi connectivity index (χ3n) is 5.65. The lowest BCUT2D eigenvalue weighted by atomic mass is 9.87. The second-order valence-electron chi connectivity index (χ2n) is 8.47. The number of carboxylic acids is 3. The molecule has 0 bridgehead atoms. The first kappa shape index (κ1) is 25.4.